The third-order valence-electron chi connectivity index (χ3n) is 5.32. The predicted molar refractivity (Wildman–Crippen MR) is 118 cm³/mol. The Labute approximate surface area is 182 Å². The highest BCUT2D eigenvalue weighted by Crippen LogP contribution is 2.25. The highest BCUT2D eigenvalue weighted by molar-refractivity contribution is 5.91. The van der Waals surface area contributed by atoms with Crippen LogP contribution in [0.1, 0.15) is 53.4 Å². The number of amides is 1. The molecule has 1 saturated heterocycles. The van der Waals surface area contributed by atoms with Crippen LogP contribution in [-0.2, 0) is 0 Å². The normalized spacial score (nSPS) is 16.4. The van der Waals surface area contributed by atoms with Crippen LogP contribution in [-0.4, -0.2) is 50.2 Å². The lowest BCUT2D eigenvalue weighted by molar-refractivity contribution is 0.0621. The number of hydrogen-bond acceptors (Lipinski definition) is 5. The maximum absolute atomic E-state index is 13.3. The summed E-state index contributed by atoms with van der Waals surface area (Å²) in [4.78, 5) is 23.9. The molecule has 0 radical (unpaired) electrons. The maximum atomic E-state index is 13.3. The number of pyridine rings is 1. The van der Waals surface area contributed by atoms with Gasteiger partial charge in [-0.05, 0) is 36.1 Å². The molecular formula is C22H27ClN6O. The van der Waals surface area contributed by atoms with E-state index in [1.165, 1.54) is 5.56 Å². The summed E-state index contributed by atoms with van der Waals surface area (Å²) in [5.74, 6) is 1.13. The summed E-state index contributed by atoms with van der Waals surface area (Å²) in [5.41, 5.74) is 3.15. The van der Waals surface area contributed by atoms with E-state index in [2.05, 4.69) is 40.3 Å². The van der Waals surface area contributed by atoms with E-state index in [4.69, 9.17) is 0 Å². The number of carbonyl (C=O) groups is 1. The molecule has 4 rings (SSSR count). The average molecular weight is 427 g/mol. The molecule has 8 heteroatoms. The molecule has 7 nitrogen and oxygen atoms in total. The number of para-hydroxylation sites is 1. The van der Waals surface area contributed by atoms with Crippen LogP contribution in [0.5, 0.6) is 0 Å². The van der Waals surface area contributed by atoms with E-state index < -0.39 is 0 Å². The predicted octanol–water partition coefficient (Wildman–Crippen LogP) is 3.30. The Kier molecular flexibility index (Phi) is 6.84. The van der Waals surface area contributed by atoms with Crippen LogP contribution in [0.15, 0.2) is 48.8 Å². The zero-order valence-electron chi connectivity index (χ0n) is 17.4. The zero-order chi connectivity index (χ0) is 20.4. The van der Waals surface area contributed by atoms with Crippen molar-refractivity contribution in [1.29, 1.82) is 0 Å². The zero-order valence-corrected chi connectivity index (χ0v) is 18.3. The number of aromatic nitrogens is 4. The van der Waals surface area contributed by atoms with E-state index >= 15 is 0 Å². The van der Waals surface area contributed by atoms with Gasteiger partial charge in [-0.25, -0.2) is 9.67 Å². The van der Waals surface area contributed by atoms with Crippen molar-refractivity contribution in [2.24, 2.45) is 0 Å². The number of carbonyl (C=O) groups excluding carboxylic acids is 1. The van der Waals surface area contributed by atoms with Gasteiger partial charge in [0.1, 0.15) is 5.82 Å². The summed E-state index contributed by atoms with van der Waals surface area (Å²) >= 11 is 0. The Bertz CT molecular complexity index is 1000. The fourth-order valence-corrected chi connectivity index (χ4v) is 3.82. The number of aryl methyl sites for hydroxylation is 1. The molecule has 0 saturated carbocycles. The first-order valence-electron chi connectivity index (χ1n) is 10.0. The Morgan fingerprint density at radius 2 is 2.00 bits per heavy atom. The number of hydrogen-bond donors (Lipinski definition) is 1. The first kappa shape index (κ1) is 21.9. The van der Waals surface area contributed by atoms with E-state index in [0.717, 1.165) is 17.8 Å². The standard InChI is InChI=1S/C22H26N6O.ClH/c1-15(2)18-8-4-5-9-19(18)28-16(3)25-21(26-28)22(29)27-12-11-24-14-20(27)17-7-6-10-23-13-17;/h4-10,13,15,20,24H,11-12,14H2,1-3H3;1H. The van der Waals surface area contributed by atoms with Crippen molar-refractivity contribution in [2.75, 3.05) is 19.6 Å². The molecule has 1 amide bonds. The van der Waals surface area contributed by atoms with Crippen molar-refractivity contribution in [3.8, 4) is 5.69 Å². The largest absolute Gasteiger partial charge is 0.326 e. The van der Waals surface area contributed by atoms with Crippen LogP contribution >= 0.6 is 12.4 Å². The van der Waals surface area contributed by atoms with Crippen LogP contribution in [0.3, 0.4) is 0 Å². The molecule has 1 aliphatic rings. The lowest BCUT2D eigenvalue weighted by atomic mass is 10.0. The molecule has 158 valence electrons. The molecule has 1 aromatic carbocycles. The maximum Gasteiger partial charge on any atom is 0.294 e. The second-order valence-corrected chi connectivity index (χ2v) is 7.61. The average Bonchev–Trinajstić information content (AvgIpc) is 3.15. The van der Waals surface area contributed by atoms with Gasteiger partial charge in [-0.2, -0.15) is 0 Å². The van der Waals surface area contributed by atoms with E-state index in [9.17, 15) is 4.79 Å². The fourth-order valence-electron chi connectivity index (χ4n) is 3.82. The first-order valence-corrected chi connectivity index (χ1v) is 10.0. The van der Waals surface area contributed by atoms with Gasteiger partial charge in [-0.3, -0.25) is 9.78 Å². The van der Waals surface area contributed by atoms with Gasteiger partial charge in [0.05, 0.1) is 11.7 Å². The van der Waals surface area contributed by atoms with Gasteiger partial charge in [-0.15, -0.1) is 17.5 Å². The van der Waals surface area contributed by atoms with Gasteiger partial charge >= 0.3 is 0 Å². The van der Waals surface area contributed by atoms with Gasteiger partial charge in [-0.1, -0.05) is 38.1 Å². The molecule has 0 aliphatic carbocycles. The lowest BCUT2D eigenvalue weighted by Crippen LogP contribution is -2.49. The van der Waals surface area contributed by atoms with Crippen molar-refractivity contribution in [3.05, 3.63) is 71.6 Å². The van der Waals surface area contributed by atoms with E-state index in [0.29, 0.717) is 24.8 Å². The number of rotatable bonds is 4. The first-order chi connectivity index (χ1) is 14.1. The molecule has 1 N–H and O–H groups in total. The Balaban J connectivity index is 0.00000256. The van der Waals surface area contributed by atoms with Crippen molar-refractivity contribution in [2.45, 2.75) is 32.7 Å². The minimum Gasteiger partial charge on any atom is -0.326 e. The summed E-state index contributed by atoms with van der Waals surface area (Å²) in [6.07, 6.45) is 3.55. The summed E-state index contributed by atoms with van der Waals surface area (Å²) < 4.78 is 1.78. The fraction of sp³-hybridized carbons (Fsp3) is 0.364. The number of nitrogens with one attached hydrogen (secondary N) is 1. The summed E-state index contributed by atoms with van der Waals surface area (Å²) in [7, 11) is 0. The molecule has 1 unspecified atom stereocenters. The molecular weight excluding hydrogens is 400 g/mol. The summed E-state index contributed by atoms with van der Waals surface area (Å²) in [6.45, 7) is 8.23. The number of halogens is 1. The van der Waals surface area contributed by atoms with E-state index in [1.54, 1.807) is 10.9 Å². The van der Waals surface area contributed by atoms with Crippen LogP contribution in [0, 0.1) is 6.92 Å². The van der Waals surface area contributed by atoms with Gasteiger partial charge in [0.15, 0.2) is 0 Å². The Hall–Kier alpha value is -2.77. The van der Waals surface area contributed by atoms with Crippen LogP contribution in [0.2, 0.25) is 0 Å². The second-order valence-electron chi connectivity index (χ2n) is 7.61. The molecule has 1 atom stereocenters. The highest BCUT2D eigenvalue weighted by Gasteiger charge is 2.31. The van der Waals surface area contributed by atoms with Gasteiger partial charge in [0.2, 0.25) is 5.82 Å². The van der Waals surface area contributed by atoms with Crippen molar-refractivity contribution in [3.63, 3.8) is 0 Å². The number of benzene rings is 1. The van der Waals surface area contributed by atoms with Crippen molar-refractivity contribution in [1.82, 2.24) is 30.0 Å². The minimum absolute atomic E-state index is 0. The van der Waals surface area contributed by atoms with Crippen molar-refractivity contribution >= 4 is 18.3 Å². The van der Waals surface area contributed by atoms with Gasteiger partial charge in [0.25, 0.3) is 5.91 Å². The molecule has 0 spiro atoms. The summed E-state index contributed by atoms with van der Waals surface area (Å²) in [5, 5.41) is 7.97. The monoisotopic (exact) mass is 426 g/mol. The van der Waals surface area contributed by atoms with Crippen molar-refractivity contribution < 1.29 is 4.79 Å². The number of nitrogens with zero attached hydrogens (tertiary/aromatic N) is 5. The molecule has 30 heavy (non-hydrogen) atoms. The minimum atomic E-state index is -0.149. The molecule has 3 heterocycles. The third kappa shape index (κ3) is 4.22. The van der Waals surface area contributed by atoms with Gasteiger partial charge in [0, 0.05) is 32.0 Å². The van der Waals surface area contributed by atoms with Gasteiger partial charge < -0.3 is 10.2 Å². The lowest BCUT2D eigenvalue weighted by Gasteiger charge is -2.35. The molecule has 2 aromatic heterocycles. The molecule has 1 fully saturated rings. The van der Waals surface area contributed by atoms with Crippen LogP contribution in [0.25, 0.3) is 5.69 Å². The second kappa shape index (κ2) is 9.36. The quantitative estimate of drug-likeness (QED) is 0.692. The van der Waals surface area contributed by atoms with Crippen LogP contribution in [0.4, 0.5) is 0 Å². The third-order valence-corrected chi connectivity index (χ3v) is 5.32. The Morgan fingerprint density at radius 3 is 2.73 bits per heavy atom. The SMILES string of the molecule is Cc1nc(C(=O)N2CCNCC2c2cccnc2)nn1-c1ccccc1C(C)C.Cl. The molecule has 0 bridgehead atoms. The molecule has 1 aliphatic heterocycles. The summed E-state index contributed by atoms with van der Waals surface area (Å²) in [6, 6.07) is 11.9. The highest BCUT2D eigenvalue weighted by atomic mass is 35.5. The van der Waals surface area contributed by atoms with Crippen LogP contribution < -0.4 is 5.32 Å². The number of piperazine rings is 1. The molecule has 3 aromatic rings. The smallest absolute Gasteiger partial charge is 0.294 e. The topological polar surface area (TPSA) is 75.9 Å². The van der Waals surface area contributed by atoms with E-state index in [1.807, 2.05) is 48.4 Å². The Morgan fingerprint density at radius 1 is 1.20 bits per heavy atom. The van der Waals surface area contributed by atoms with E-state index in [-0.39, 0.29) is 30.2 Å².